The minimum absolute atomic E-state index is 0.125. The van der Waals surface area contributed by atoms with Crippen molar-refractivity contribution in [2.75, 3.05) is 13.2 Å². The molecule has 0 radical (unpaired) electrons. The number of allylic oxidation sites excluding steroid dienone is 1. The lowest BCUT2D eigenvalue weighted by Gasteiger charge is -2.57. The molecule has 4 fully saturated rings. The fourth-order valence-electron chi connectivity index (χ4n) is 7.13. The Morgan fingerprint density at radius 1 is 1.15 bits per heavy atom. The Balaban J connectivity index is 1.59. The molecule has 0 aromatic heterocycles. The van der Waals surface area contributed by atoms with E-state index in [0.29, 0.717) is 29.5 Å². The van der Waals surface area contributed by atoms with Gasteiger partial charge in [0.15, 0.2) is 5.79 Å². The SMILES string of the molecule is C=CC(C)CC[C@]1(C)C(=O)CCC2C1CC[C@]1(C)C2CCC12OCCO2. The molecule has 26 heavy (non-hydrogen) atoms. The highest BCUT2D eigenvalue weighted by atomic mass is 16.7. The van der Waals surface area contributed by atoms with Crippen LogP contribution in [-0.2, 0) is 14.3 Å². The second-order valence-corrected chi connectivity index (χ2v) is 9.95. The highest BCUT2D eigenvalue weighted by molar-refractivity contribution is 5.85. The number of fused-ring (bicyclic) bond motifs is 4. The Bertz CT molecular complexity index is 578. The average Bonchev–Trinajstić information content (AvgIpc) is 3.23. The zero-order chi connectivity index (χ0) is 18.6. The standard InChI is InChI=1S/C23H36O3/c1-5-16(2)8-11-21(3)18-9-12-22(4)19(17(18)6-7-20(21)24)10-13-23(22)25-14-15-26-23/h5,16-19H,1,6-15H2,2-4H3/t16?,17?,18?,19?,21-,22+/m0/s1. The smallest absolute Gasteiger partial charge is 0.174 e. The van der Waals surface area contributed by atoms with Gasteiger partial charge in [0.05, 0.1) is 13.2 Å². The molecule has 3 heteroatoms. The number of ether oxygens (including phenoxy) is 2. The second-order valence-electron chi connectivity index (χ2n) is 9.95. The van der Waals surface area contributed by atoms with Gasteiger partial charge in [-0.1, -0.05) is 26.8 Å². The minimum atomic E-state index is -0.335. The summed E-state index contributed by atoms with van der Waals surface area (Å²) < 4.78 is 12.4. The fraction of sp³-hybridized carbons (Fsp3) is 0.870. The molecule has 4 aliphatic rings. The summed E-state index contributed by atoms with van der Waals surface area (Å²) in [5.74, 6) is 2.50. The van der Waals surface area contributed by atoms with Crippen LogP contribution in [0.15, 0.2) is 12.7 Å². The first-order valence-corrected chi connectivity index (χ1v) is 10.8. The van der Waals surface area contributed by atoms with Crippen molar-refractivity contribution in [3.63, 3.8) is 0 Å². The van der Waals surface area contributed by atoms with Gasteiger partial charge in [0, 0.05) is 23.7 Å². The lowest BCUT2D eigenvalue weighted by Crippen LogP contribution is -2.56. The first-order valence-electron chi connectivity index (χ1n) is 10.8. The maximum atomic E-state index is 13.0. The third-order valence-corrected chi connectivity index (χ3v) is 8.92. The van der Waals surface area contributed by atoms with E-state index in [2.05, 4.69) is 27.4 Å². The van der Waals surface area contributed by atoms with Crippen LogP contribution in [0, 0.1) is 34.5 Å². The van der Waals surface area contributed by atoms with Gasteiger partial charge in [0.2, 0.25) is 0 Å². The molecular weight excluding hydrogens is 324 g/mol. The summed E-state index contributed by atoms with van der Waals surface area (Å²) in [4.78, 5) is 13.0. The van der Waals surface area contributed by atoms with Crippen molar-refractivity contribution < 1.29 is 14.3 Å². The molecule has 0 aromatic carbocycles. The molecule has 0 N–H and O–H groups in total. The van der Waals surface area contributed by atoms with Crippen LogP contribution >= 0.6 is 0 Å². The van der Waals surface area contributed by atoms with E-state index in [0.717, 1.165) is 58.2 Å². The third kappa shape index (κ3) is 2.49. The number of carbonyl (C=O) groups excluding carboxylic acids is 1. The minimum Gasteiger partial charge on any atom is -0.347 e. The van der Waals surface area contributed by atoms with Gasteiger partial charge in [-0.3, -0.25) is 4.79 Å². The van der Waals surface area contributed by atoms with Crippen molar-refractivity contribution in [2.24, 2.45) is 34.5 Å². The Morgan fingerprint density at radius 2 is 1.85 bits per heavy atom. The van der Waals surface area contributed by atoms with Crippen LogP contribution in [0.5, 0.6) is 0 Å². The number of carbonyl (C=O) groups is 1. The summed E-state index contributed by atoms with van der Waals surface area (Å²) in [7, 11) is 0. The molecule has 3 nitrogen and oxygen atoms in total. The molecule has 4 rings (SSSR count). The molecule has 146 valence electrons. The summed E-state index contributed by atoms with van der Waals surface area (Å²) in [5, 5.41) is 0. The third-order valence-electron chi connectivity index (χ3n) is 8.92. The van der Waals surface area contributed by atoms with Crippen LogP contribution in [0.1, 0.15) is 72.1 Å². The Kier molecular flexibility index (Phi) is 4.63. The van der Waals surface area contributed by atoms with Gasteiger partial charge in [0.1, 0.15) is 5.78 Å². The highest BCUT2D eigenvalue weighted by Gasteiger charge is 2.66. The summed E-state index contributed by atoms with van der Waals surface area (Å²) in [6, 6.07) is 0. The summed E-state index contributed by atoms with van der Waals surface area (Å²) in [6.45, 7) is 12.3. The molecule has 1 saturated heterocycles. The number of rotatable bonds is 4. The second kappa shape index (κ2) is 6.44. The van der Waals surface area contributed by atoms with E-state index in [1.165, 1.54) is 6.42 Å². The Morgan fingerprint density at radius 3 is 2.54 bits per heavy atom. The molecule has 3 aliphatic carbocycles. The molecule has 3 saturated carbocycles. The Hall–Kier alpha value is -0.670. The molecule has 0 amide bonds. The van der Waals surface area contributed by atoms with E-state index < -0.39 is 0 Å². The fourth-order valence-corrected chi connectivity index (χ4v) is 7.13. The molecule has 1 heterocycles. The quantitative estimate of drug-likeness (QED) is 0.651. The predicted molar refractivity (Wildman–Crippen MR) is 103 cm³/mol. The van der Waals surface area contributed by atoms with Gasteiger partial charge in [-0.2, -0.15) is 0 Å². The zero-order valence-electron chi connectivity index (χ0n) is 16.9. The van der Waals surface area contributed by atoms with E-state index in [1.54, 1.807) is 0 Å². The van der Waals surface area contributed by atoms with Crippen molar-refractivity contribution in [3.05, 3.63) is 12.7 Å². The van der Waals surface area contributed by atoms with Crippen LogP contribution in [-0.4, -0.2) is 24.8 Å². The Labute approximate surface area is 158 Å². The summed E-state index contributed by atoms with van der Waals surface area (Å²) in [5.41, 5.74) is -0.0188. The van der Waals surface area contributed by atoms with E-state index >= 15 is 0 Å². The molecule has 0 bridgehead atoms. The van der Waals surface area contributed by atoms with E-state index in [4.69, 9.17) is 9.47 Å². The highest BCUT2D eigenvalue weighted by Crippen LogP contribution is 2.67. The van der Waals surface area contributed by atoms with Crippen molar-refractivity contribution >= 4 is 5.78 Å². The lowest BCUT2D eigenvalue weighted by atomic mass is 9.48. The van der Waals surface area contributed by atoms with Crippen molar-refractivity contribution in [2.45, 2.75) is 77.9 Å². The van der Waals surface area contributed by atoms with Gasteiger partial charge in [-0.15, -0.1) is 6.58 Å². The van der Waals surface area contributed by atoms with Gasteiger partial charge >= 0.3 is 0 Å². The number of Topliss-reactive ketones (excluding diaryl/α,β-unsaturated/α-hetero) is 1. The topological polar surface area (TPSA) is 35.5 Å². The van der Waals surface area contributed by atoms with E-state index in [9.17, 15) is 4.79 Å². The van der Waals surface area contributed by atoms with Crippen LogP contribution in [0.2, 0.25) is 0 Å². The maximum Gasteiger partial charge on any atom is 0.174 e. The maximum absolute atomic E-state index is 13.0. The summed E-state index contributed by atoms with van der Waals surface area (Å²) in [6.07, 6.45) is 10.5. The van der Waals surface area contributed by atoms with Gasteiger partial charge < -0.3 is 9.47 Å². The summed E-state index contributed by atoms with van der Waals surface area (Å²) >= 11 is 0. The molecule has 1 spiro atoms. The van der Waals surface area contributed by atoms with Gasteiger partial charge in [-0.05, 0) is 62.2 Å². The monoisotopic (exact) mass is 360 g/mol. The van der Waals surface area contributed by atoms with Gasteiger partial charge in [-0.25, -0.2) is 0 Å². The van der Waals surface area contributed by atoms with Crippen molar-refractivity contribution in [1.82, 2.24) is 0 Å². The van der Waals surface area contributed by atoms with E-state index in [1.807, 2.05) is 6.08 Å². The zero-order valence-corrected chi connectivity index (χ0v) is 16.9. The molecule has 4 unspecified atom stereocenters. The first kappa shape index (κ1) is 18.7. The van der Waals surface area contributed by atoms with Crippen LogP contribution in [0.4, 0.5) is 0 Å². The molecule has 0 aromatic rings. The molecule has 6 atom stereocenters. The number of ketones is 1. The van der Waals surface area contributed by atoms with Crippen molar-refractivity contribution in [3.8, 4) is 0 Å². The lowest BCUT2D eigenvalue weighted by molar-refractivity contribution is -0.243. The first-order chi connectivity index (χ1) is 12.4. The largest absolute Gasteiger partial charge is 0.347 e. The van der Waals surface area contributed by atoms with Crippen LogP contribution < -0.4 is 0 Å². The molecular formula is C23H36O3. The van der Waals surface area contributed by atoms with Gasteiger partial charge in [0.25, 0.3) is 0 Å². The number of hydrogen-bond donors (Lipinski definition) is 0. The van der Waals surface area contributed by atoms with Crippen molar-refractivity contribution in [1.29, 1.82) is 0 Å². The number of hydrogen-bond acceptors (Lipinski definition) is 3. The molecule has 1 aliphatic heterocycles. The normalized spacial score (nSPS) is 45.3. The van der Waals surface area contributed by atoms with Crippen LogP contribution in [0.3, 0.4) is 0 Å². The average molecular weight is 361 g/mol. The predicted octanol–water partition coefficient (Wildman–Crippen LogP) is 5.14. The van der Waals surface area contributed by atoms with Crippen LogP contribution in [0.25, 0.3) is 0 Å². The van der Waals surface area contributed by atoms with E-state index in [-0.39, 0.29) is 16.6 Å².